The maximum absolute atomic E-state index is 12.6. The third kappa shape index (κ3) is 3.59. The number of aromatic amines is 1. The van der Waals surface area contributed by atoms with Crippen LogP contribution in [0.1, 0.15) is 12.5 Å². The Morgan fingerprint density at radius 3 is 2.82 bits per heavy atom. The molecule has 0 saturated heterocycles. The van der Waals surface area contributed by atoms with Gasteiger partial charge in [0.25, 0.3) is 5.03 Å². The van der Waals surface area contributed by atoms with Gasteiger partial charge in [-0.2, -0.15) is 0 Å². The van der Waals surface area contributed by atoms with Crippen LogP contribution in [-0.2, 0) is 4.79 Å². The Hall–Kier alpha value is -3.26. The van der Waals surface area contributed by atoms with E-state index in [2.05, 4.69) is 15.6 Å². The predicted octanol–water partition coefficient (Wildman–Crippen LogP) is 2.93. The normalized spacial score (nSPS) is 12.2. The molecular weight excluding hydrogens is 376 g/mol. The number of nitrogens with one attached hydrogen (secondary N) is 2. The molecule has 0 saturated carbocycles. The smallest absolute Gasteiger partial charge is 0.298 e. The highest BCUT2D eigenvalue weighted by atomic mass is 32.2. The zero-order chi connectivity index (χ0) is 19.7. The van der Waals surface area contributed by atoms with Crippen molar-refractivity contribution in [2.24, 2.45) is 0 Å². The summed E-state index contributed by atoms with van der Waals surface area (Å²) in [5, 5.41) is 19.6. The monoisotopic (exact) mass is 394 g/mol. The van der Waals surface area contributed by atoms with Gasteiger partial charge in [0.15, 0.2) is 5.95 Å². The van der Waals surface area contributed by atoms with E-state index in [1.54, 1.807) is 6.92 Å². The number of carbonyl (C=O) groups is 1. The van der Waals surface area contributed by atoms with E-state index in [9.17, 15) is 9.90 Å². The molecule has 4 aromatic rings. The molecule has 0 aliphatic carbocycles. The zero-order valence-electron chi connectivity index (χ0n) is 15.3. The van der Waals surface area contributed by atoms with Crippen molar-refractivity contribution in [1.82, 2.24) is 10.3 Å². The Labute approximate surface area is 165 Å². The topological polar surface area (TPSA) is 97.9 Å². The second-order valence-corrected chi connectivity index (χ2v) is 7.77. The number of fused-ring (bicyclic) bond motifs is 1. The first-order valence-electron chi connectivity index (χ1n) is 8.72. The van der Waals surface area contributed by atoms with Crippen LogP contribution >= 0.6 is 11.8 Å². The molecule has 4 rings (SSSR count). The second-order valence-electron chi connectivity index (χ2n) is 6.44. The van der Waals surface area contributed by atoms with E-state index < -0.39 is 11.2 Å². The van der Waals surface area contributed by atoms with E-state index in [1.807, 2.05) is 61.7 Å². The number of nitrogens with zero attached hydrogens (tertiary/aromatic N) is 2. The largest absolute Gasteiger partial charge is 0.538 e. The van der Waals surface area contributed by atoms with Crippen LogP contribution in [-0.4, -0.2) is 21.4 Å². The lowest BCUT2D eigenvalue weighted by Crippen LogP contribution is -2.36. The van der Waals surface area contributed by atoms with E-state index in [1.165, 1.54) is 4.68 Å². The molecule has 0 bridgehead atoms. The minimum Gasteiger partial charge on any atom is -0.538 e. The fourth-order valence-electron chi connectivity index (χ4n) is 2.78. The summed E-state index contributed by atoms with van der Waals surface area (Å²) >= 11 is 1.11. The number of carbonyl (C=O) groups excluding carboxylic acids is 1. The zero-order valence-corrected chi connectivity index (χ0v) is 16.1. The van der Waals surface area contributed by atoms with Gasteiger partial charge >= 0.3 is 0 Å². The summed E-state index contributed by atoms with van der Waals surface area (Å²) < 4.78 is 6.24. The highest BCUT2D eigenvalue weighted by Gasteiger charge is 2.26. The van der Waals surface area contributed by atoms with E-state index in [0.29, 0.717) is 11.4 Å². The molecule has 1 atom stereocenters. The van der Waals surface area contributed by atoms with Crippen molar-refractivity contribution in [3.63, 3.8) is 0 Å². The van der Waals surface area contributed by atoms with E-state index in [0.717, 1.165) is 28.2 Å². The van der Waals surface area contributed by atoms with Crippen molar-refractivity contribution in [3.05, 3.63) is 60.3 Å². The van der Waals surface area contributed by atoms with Crippen LogP contribution < -0.4 is 15.1 Å². The van der Waals surface area contributed by atoms with Gasteiger partial charge < -0.3 is 19.9 Å². The maximum atomic E-state index is 12.6. The highest BCUT2D eigenvalue weighted by Crippen LogP contribution is 2.28. The van der Waals surface area contributed by atoms with Gasteiger partial charge in [-0.1, -0.05) is 17.7 Å². The van der Waals surface area contributed by atoms with Gasteiger partial charge in [-0.05, 0) is 54.6 Å². The van der Waals surface area contributed by atoms with Crippen LogP contribution in [0.25, 0.3) is 16.6 Å². The molecule has 1 amide bonds. The van der Waals surface area contributed by atoms with Crippen LogP contribution in [0, 0.1) is 6.92 Å². The molecule has 28 heavy (non-hydrogen) atoms. The molecule has 7 nitrogen and oxygen atoms in total. The minimum absolute atomic E-state index is 0.212. The van der Waals surface area contributed by atoms with E-state index >= 15 is 0 Å². The molecule has 8 heteroatoms. The minimum atomic E-state index is -0.570. The van der Waals surface area contributed by atoms with Gasteiger partial charge in [0.2, 0.25) is 11.6 Å². The lowest BCUT2D eigenvalue weighted by Gasteiger charge is -2.10. The standard InChI is InChI=1S/C20H18N4O3S/c1-12-3-6-16(7-4-12)24-19(20(26)27-23-24)28-13(2)18(25)22-15-5-8-17-14(11-15)9-10-21-17/h3-11,13,23,26H,1-2H3. The Kier molecular flexibility index (Phi) is 4.79. The first-order chi connectivity index (χ1) is 13.5. The van der Waals surface area contributed by atoms with Crippen LogP contribution in [0.4, 0.5) is 5.69 Å². The summed E-state index contributed by atoms with van der Waals surface area (Å²) in [6, 6.07) is 15.1. The summed E-state index contributed by atoms with van der Waals surface area (Å²) in [7, 11) is 0. The number of thioether (sulfide) groups is 1. The summed E-state index contributed by atoms with van der Waals surface area (Å²) in [5.74, 6) is -0.782. The van der Waals surface area contributed by atoms with Crippen molar-refractivity contribution < 1.29 is 19.1 Å². The molecule has 0 aliphatic rings. The summed E-state index contributed by atoms with van der Waals surface area (Å²) in [4.78, 5) is 15.7. The van der Waals surface area contributed by atoms with Gasteiger partial charge in [-0.25, -0.2) is 0 Å². The van der Waals surface area contributed by atoms with Gasteiger partial charge in [0.05, 0.1) is 10.5 Å². The molecule has 0 radical (unpaired) electrons. The van der Waals surface area contributed by atoms with Gasteiger partial charge in [-0.15, -0.1) is 0 Å². The third-order valence-electron chi connectivity index (χ3n) is 4.33. The summed E-state index contributed by atoms with van der Waals surface area (Å²) in [6.45, 7) is 3.71. The lowest BCUT2D eigenvalue weighted by molar-refractivity contribution is -0.705. The molecular formula is C20H18N4O3S. The molecule has 142 valence electrons. The molecule has 2 aromatic heterocycles. The molecule has 0 spiro atoms. The number of H-pyrrole nitrogens is 1. The molecule has 0 fully saturated rings. The number of hydrogen-bond donors (Lipinski definition) is 2. The first-order valence-corrected chi connectivity index (χ1v) is 9.60. The fraction of sp³-hybridized carbons (Fsp3) is 0.150. The van der Waals surface area contributed by atoms with Crippen LogP contribution in [0.5, 0.6) is 5.95 Å². The van der Waals surface area contributed by atoms with Crippen molar-refractivity contribution >= 4 is 34.3 Å². The molecule has 1 unspecified atom stereocenters. The predicted molar refractivity (Wildman–Crippen MR) is 104 cm³/mol. The second kappa shape index (κ2) is 7.40. The number of aryl methyl sites for hydroxylation is 1. The fourth-order valence-corrected chi connectivity index (χ4v) is 3.66. The lowest BCUT2D eigenvalue weighted by atomic mass is 10.2. The van der Waals surface area contributed by atoms with E-state index in [4.69, 9.17) is 4.52 Å². The Bertz CT molecular complexity index is 1130. The number of amides is 1. The Balaban J connectivity index is 1.51. The molecule has 2 N–H and O–H groups in total. The highest BCUT2D eigenvalue weighted by molar-refractivity contribution is 8.00. The van der Waals surface area contributed by atoms with Crippen LogP contribution in [0.2, 0.25) is 0 Å². The van der Waals surface area contributed by atoms with Crippen LogP contribution in [0.3, 0.4) is 0 Å². The third-order valence-corrected chi connectivity index (χ3v) is 5.46. The number of anilines is 1. The average Bonchev–Trinajstić information content (AvgIpc) is 3.29. The Morgan fingerprint density at radius 2 is 2.04 bits per heavy atom. The number of rotatable bonds is 5. The number of benzene rings is 2. The van der Waals surface area contributed by atoms with Crippen molar-refractivity contribution in [2.45, 2.75) is 24.1 Å². The van der Waals surface area contributed by atoms with Crippen molar-refractivity contribution in [2.75, 3.05) is 5.32 Å². The van der Waals surface area contributed by atoms with Gasteiger partial charge in [0.1, 0.15) is 0 Å². The molecule has 2 heterocycles. The van der Waals surface area contributed by atoms with Crippen molar-refractivity contribution in [3.8, 4) is 11.6 Å². The summed E-state index contributed by atoms with van der Waals surface area (Å²) in [5.41, 5.74) is 3.49. The Morgan fingerprint density at radius 1 is 1.25 bits per heavy atom. The quantitative estimate of drug-likeness (QED) is 0.401. The number of aromatic nitrogens is 3. The average molecular weight is 394 g/mol. The van der Waals surface area contributed by atoms with Gasteiger partial charge in [0, 0.05) is 34.9 Å². The first kappa shape index (κ1) is 18.1. The number of hydrogen-bond acceptors (Lipinski definition) is 5. The van der Waals surface area contributed by atoms with Crippen molar-refractivity contribution in [1.29, 1.82) is 0 Å². The SMILES string of the molecule is Cc1ccc(-[n+]2noc([O-])c2SC(C)C(=O)Nc2ccc3[nH]ccc3c2)cc1. The maximum Gasteiger partial charge on any atom is 0.298 e. The molecule has 2 aromatic carbocycles. The van der Waals surface area contributed by atoms with E-state index in [-0.39, 0.29) is 10.9 Å². The van der Waals surface area contributed by atoms with Gasteiger partial charge in [-0.3, -0.25) is 4.79 Å². The summed E-state index contributed by atoms with van der Waals surface area (Å²) in [6.07, 6.45) is 1.85. The van der Waals surface area contributed by atoms with Crippen LogP contribution in [0.15, 0.2) is 64.3 Å². The molecule has 0 aliphatic heterocycles.